The highest BCUT2D eigenvalue weighted by molar-refractivity contribution is 7.10. The van der Waals surface area contributed by atoms with Crippen LogP contribution in [0.15, 0.2) is 29.6 Å². The maximum absolute atomic E-state index is 12.6. The number of carbonyl (C=O) groups is 1. The third kappa shape index (κ3) is 3.32. The van der Waals surface area contributed by atoms with Gasteiger partial charge in [0.05, 0.1) is 10.7 Å². The van der Waals surface area contributed by atoms with Crippen molar-refractivity contribution < 1.29 is 4.79 Å². The largest absolute Gasteiger partial charge is 0.339 e. The summed E-state index contributed by atoms with van der Waals surface area (Å²) in [5.74, 6) is 0.882. The highest BCUT2D eigenvalue weighted by Gasteiger charge is 2.26. The lowest BCUT2D eigenvalue weighted by molar-refractivity contribution is 0.0761. The van der Waals surface area contributed by atoms with E-state index in [-0.39, 0.29) is 5.91 Å². The third-order valence-electron chi connectivity index (χ3n) is 4.77. The number of thiazole rings is 1. The number of hydrogen-bond donors (Lipinski definition) is 0. The van der Waals surface area contributed by atoms with Gasteiger partial charge in [-0.05, 0) is 37.8 Å². The molecule has 1 aromatic carbocycles. The molecule has 1 amide bonds. The molecule has 0 N–H and O–H groups in total. The van der Waals surface area contributed by atoms with Crippen LogP contribution in [0.4, 0.5) is 0 Å². The van der Waals surface area contributed by atoms with Gasteiger partial charge in [0.25, 0.3) is 5.91 Å². The molecule has 1 saturated carbocycles. The van der Waals surface area contributed by atoms with E-state index in [9.17, 15) is 4.79 Å². The SMILES string of the molecule is O=C(c1ccc(-c2csc(C3CC3)n2)cc1)N1CCCCCC1. The Morgan fingerprint density at radius 3 is 2.39 bits per heavy atom. The van der Waals surface area contributed by atoms with E-state index in [0.29, 0.717) is 5.92 Å². The molecule has 0 spiro atoms. The first kappa shape index (κ1) is 14.9. The highest BCUT2D eigenvalue weighted by Crippen LogP contribution is 2.42. The molecule has 1 aromatic heterocycles. The Labute approximate surface area is 141 Å². The van der Waals surface area contributed by atoms with Crippen LogP contribution in [-0.2, 0) is 0 Å². The van der Waals surface area contributed by atoms with Crippen LogP contribution in [0.1, 0.15) is 59.8 Å². The van der Waals surface area contributed by atoms with Crippen LogP contribution < -0.4 is 0 Å². The minimum atomic E-state index is 0.176. The lowest BCUT2D eigenvalue weighted by atomic mass is 10.1. The van der Waals surface area contributed by atoms with Crippen molar-refractivity contribution in [3.63, 3.8) is 0 Å². The predicted molar refractivity (Wildman–Crippen MR) is 93.9 cm³/mol. The van der Waals surface area contributed by atoms with Gasteiger partial charge < -0.3 is 4.90 Å². The molecule has 1 aliphatic heterocycles. The van der Waals surface area contributed by atoms with Crippen LogP contribution in [0, 0.1) is 0 Å². The van der Waals surface area contributed by atoms with Gasteiger partial charge in [0, 0.05) is 35.5 Å². The van der Waals surface area contributed by atoms with Crippen molar-refractivity contribution in [2.24, 2.45) is 0 Å². The Morgan fingerprint density at radius 2 is 1.74 bits per heavy atom. The van der Waals surface area contributed by atoms with Crippen molar-refractivity contribution in [1.82, 2.24) is 9.88 Å². The minimum absolute atomic E-state index is 0.176. The summed E-state index contributed by atoms with van der Waals surface area (Å²) in [6, 6.07) is 7.99. The summed E-state index contributed by atoms with van der Waals surface area (Å²) in [6.07, 6.45) is 7.33. The van der Waals surface area contributed by atoms with Gasteiger partial charge >= 0.3 is 0 Å². The molecule has 3 nitrogen and oxygen atoms in total. The van der Waals surface area contributed by atoms with Crippen molar-refractivity contribution >= 4 is 17.2 Å². The Morgan fingerprint density at radius 1 is 1.04 bits per heavy atom. The molecule has 23 heavy (non-hydrogen) atoms. The molecule has 2 aromatic rings. The number of carbonyl (C=O) groups excluding carboxylic acids is 1. The number of rotatable bonds is 3. The molecule has 2 fully saturated rings. The first-order valence-corrected chi connectivity index (χ1v) is 9.54. The van der Waals surface area contributed by atoms with E-state index < -0.39 is 0 Å². The molecule has 0 unspecified atom stereocenters. The number of benzene rings is 1. The summed E-state index contributed by atoms with van der Waals surface area (Å²) in [7, 11) is 0. The molecule has 4 heteroatoms. The van der Waals surface area contributed by atoms with Crippen LogP contribution in [0.25, 0.3) is 11.3 Å². The van der Waals surface area contributed by atoms with E-state index in [1.54, 1.807) is 11.3 Å². The normalized spacial score (nSPS) is 18.7. The lowest BCUT2D eigenvalue weighted by Gasteiger charge is -2.20. The van der Waals surface area contributed by atoms with Crippen LogP contribution in [0.2, 0.25) is 0 Å². The molecular weight excluding hydrogens is 304 g/mol. The lowest BCUT2D eigenvalue weighted by Crippen LogP contribution is -2.31. The fraction of sp³-hybridized carbons (Fsp3) is 0.474. The fourth-order valence-corrected chi connectivity index (χ4v) is 4.18. The average molecular weight is 326 g/mol. The van der Waals surface area contributed by atoms with E-state index in [4.69, 9.17) is 4.98 Å². The summed E-state index contributed by atoms with van der Waals surface area (Å²) in [5, 5.41) is 3.41. The molecule has 1 aliphatic carbocycles. The van der Waals surface area contributed by atoms with E-state index in [1.165, 1.54) is 30.7 Å². The first-order chi connectivity index (χ1) is 11.3. The Kier molecular flexibility index (Phi) is 4.17. The molecule has 4 rings (SSSR count). The second-order valence-electron chi connectivity index (χ2n) is 6.63. The van der Waals surface area contributed by atoms with Gasteiger partial charge in [-0.1, -0.05) is 25.0 Å². The van der Waals surface area contributed by atoms with E-state index >= 15 is 0 Å². The van der Waals surface area contributed by atoms with Gasteiger partial charge in [-0.3, -0.25) is 4.79 Å². The molecule has 2 aliphatic rings. The molecule has 1 saturated heterocycles. The van der Waals surface area contributed by atoms with Crippen LogP contribution >= 0.6 is 11.3 Å². The molecule has 0 bridgehead atoms. The van der Waals surface area contributed by atoms with Gasteiger partial charge in [0.15, 0.2) is 0 Å². The highest BCUT2D eigenvalue weighted by atomic mass is 32.1. The van der Waals surface area contributed by atoms with Gasteiger partial charge in [0.1, 0.15) is 0 Å². The Balaban J connectivity index is 1.49. The third-order valence-corrected chi connectivity index (χ3v) is 5.78. The van der Waals surface area contributed by atoms with Crippen LogP contribution in [-0.4, -0.2) is 28.9 Å². The molecule has 2 heterocycles. The van der Waals surface area contributed by atoms with Crippen LogP contribution in [0.3, 0.4) is 0 Å². The second kappa shape index (κ2) is 6.44. The molecular formula is C19H22N2OS. The number of hydrogen-bond acceptors (Lipinski definition) is 3. The number of amides is 1. The molecule has 120 valence electrons. The van der Waals surface area contributed by atoms with Crippen molar-refractivity contribution in [2.75, 3.05) is 13.1 Å². The average Bonchev–Trinajstić information content (AvgIpc) is 3.38. The first-order valence-electron chi connectivity index (χ1n) is 8.66. The second-order valence-corrected chi connectivity index (χ2v) is 7.52. The van der Waals surface area contributed by atoms with Gasteiger partial charge in [0.2, 0.25) is 0 Å². The maximum atomic E-state index is 12.6. The topological polar surface area (TPSA) is 33.2 Å². The minimum Gasteiger partial charge on any atom is -0.339 e. The number of likely N-dealkylation sites (tertiary alicyclic amines) is 1. The fourth-order valence-electron chi connectivity index (χ4n) is 3.18. The maximum Gasteiger partial charge on any atom is 0.253 e. The summed E-state index contributed by atoms with van der Waals surface area (Å²) in [4.78, 5) is 19.4. The Bertz CT molecular complexity index is 680. The summed E-state index contributed by atoms with van der Waals surface area (Å²) in [5.41, 5.74) is 2.96. The zero-order valence-electron chi connectivity index (χ0n) is 13.3. The van der Waals surface area contributed by atoms with Crippen molar-refractivity contribution in [2.45, 2.75) is 44.4 Å². The van der Waals surface area contributed by atoms with E-state index in [1.807, 2.05) is 29.2 Å². The van der Waals surface area contributed by atoms with Gasteiger partial charge in [-0.2, -0.15) is 0 Å². The Hall–Kier alpha value is -1.68. The predicted octanol–water partition coefficient (Wildman–Crippen LogP) is 4.70. The quantitative estimate of drug-likeness (QED) is 0.819. The summed E-state index contributed by atoms with van der Waals surface area (Å²) in [6.45, 7) is 1.80. The molecule has 0 radical (unpaired) electrons. The zero-order chi connectivity index (χ0) is 15.6. The van der Waals surface area contributed by atoms with E-state index in [2.05, 4.69) is 5.38 Å². The number of aromatic nitrogens is 1. The van der Waals surface area contributed by atoms with Crippen molar-refractivity contribution in [3.05, 3.63) is 40.2 Å². The molecule has 0 atom stereocenters. The zero-order valence-corrected chi connectivity index (χ0v) is 14.1. The number of nitrogens with zero attached hydrogens (tertiary/aromatic N) is 2. The van der Waals surface area contributed by atoms with Crippen molar-refractivity contribution in [1.29, 1.82) is 0 Å². The summed E-state index contributed by atoms with van der Waals surface area (Å²) < 4.78 is 0. The monoisotopic (exact) mass is 326 g/mol. The van der Waals surface area contributed by atoms with E-state index in [0.717, 1.165) is 42.8 Å². The standard InChI is InChI=1S/C19H22N2OS/c22-19(21-11-3-1-2-4-12-21)16-9-5-14(6-10-16)17-13-23-18(20-17)15-7-8-15/h5-6,9-10,13,15H,1-4,7-8,11-12H2. The summed E-state index contributed by atoms with van der Waals surface area (Å²) >= 11 is 1.76. The smallest absolute Gasteiger partial charge is 0.253 e. The van der Waals surface area contributed by atoms with Gasteiger partial charge in [-0.25, -0.2) is 4.98 Å². The van der Waals surface area contributed by atoms with Crippen LogP contribution in [0.5, 0.6) is 0 Å². The van der Waals surface area contributed by atoms with Crippen molar-refractivity contribution in [3.8, 4) is 11.3 Å². The van der Waals surface area contributed by atoms with Gasteiger partial charge in [-0.15, -0.1) is 11.3 Å².